The lowest BCUT2D eigenvalue weighted by atomic mass is 9.86. The van der Waals surface area contributed by atoms with Crippen LogP contribution in [0, 0.1) is 5.92 Å². The monoisotopic (exact) mass is 259 g/mol. The largest absolute Gasteiger partial charge is 0.376 e. The highest BCUT2D eigenvalue weighted by atomic mass is 16.5. The highest BCUT2D eigenvalue weighted by Gasteiger charge is 2.35. The fourth-order valence-electron chi connectivity index (χ4n) is 3.24. The number of carbonyl (C=O) groups excluding carboxylic acids is 1. The molecule has 3 saturated heterocycles. The maximum Gasteiger partial charge on any atom is 0.129 e. The molecular formula is C16H21NO2. The van der Waals surface area contributed by atoms with Crippen molar-refractivity contribution < 1.29 is 9.53 Å². The predicted octanol–water partition coefficient (Wildman–Crippen LogP) is 2.08. The molecule has 0 aromatic heterocycles. The van der Waals surface area contributed by atoms with Gasteiger partial charge in [-0.3, -0.25) is 0 Å². The first-order valence-electron chi connectivity index (χ1n) is 7.21. The van der Waals surface area contributed by atoms with E-state index in [1.54, 1.807) is 0 Å². The Labute approximate surface area is 114 Å². The summed E-state index contributed by atoms with van der Waals surface area (Å²) < 4.78 is 6.05. The van der Waals surface area contributed by atoms with Crippen LogP contribution in [0.4, 0.5) is 0 Å². The van der Waals surface area contributed by atoms with E-state index in [0.717, 1.165) is 18.4 Å². The van der Waals surface area contributed by atoms with Crippen LogP contribution in [0.1, 0.15) is 24.3 Å². The van der Waals surface area contributed by atoms with Crippen molar-refractivity contribution in [1.29, 1.82) is 0 Å². The van der Waals surface area contributed by atoms with E-state index in [-0.39, 0.29) is 5.92 Å². The lowest BCUT2D eigenvalue weighted by molar-refractivity contribution is -0.113. The SMILES string of the molecule is O=CC(CO[C@H]1CN2CCC1CC2)c1ccccc1. The van der Waals surface area contributed by atoms with Crippen molar-refractivity contribution in [2.45, 2.75) is 24.9 Å². The standard InChI is InChI=1S/C16H21NO2/c18-11-15(13-4-2-1-3-5-13)12-19-16-10-17-8-6-14(16)7-9-17/h1-5,11,14-16H,6-10,12H2/t15?,16-/m0/s1. The number of hydrogen-bond donors (Lipinski definition) is 0. The van der Waals surface area contributed by atoms with Crippen LogP contribution in [0.25, 0.3) is 0 Å². The topological polar surface area (TPSA) is 29.5 Å². The second-order valence-corrected chi connectivity index (χ2v) is 5.66. The Morgan fingerprint density at radius 2 is 2.00 bits per heavy atom. The average Bonchev–Trinajstić information content (AvgIpc) is 2.50. The van der Waals surface area contributed by atoms with Crippen LogP contribution in [-0.2, 0) is 9.53 Å². The van der Waals surface area contributed by atoms with Crippen molar-refractivity contribution in [2.75, 3.05) is 26.2 Å². The molecule has 102 valence electrons. The first kappa shape index (κ1) is 12.8. The van der Waals surface area contributed by atoms with E-state index in [2.05, 4.69) is 4.90 Å². The van der Waals surface area contributed by atoms with Gasteiger partial charge < -0.3 is 14.4 Å². The molecule has 1 aromatic carbocycles. The second kappa shape index (κ2) is 5.85. The molecular weight excluding hydrogens is 238 g/mol. The summed E-state index contributed by atoms with van der Waals surface area (Å²) in [5.74, 6) is 0.574. The van der Waals surface area contributed by atoms with Crippen molar-refractivity contribution in [3.63, 3.8) is 0 Å². The summed E-state index contributed by atoms with van der Waals surface area (Å²) in [6.45, 7) is 4.01. The van der Waals surface area contributed by atoms with Crippen LogP contribution < -0.4 is 0 Å². The quantitative estimate of drug-likeness (QED) is 0.758. The minimum atomic E-state index is -0.128. The molecule has 1 aromatic rings. The van der Waals surface area contributed by atoms with E-state index >= 15 is 0 Å². The van der Waals surface area contributed by atoms with E-state index < -0.39 is 0 Å². The third kappa shape index (κ3) is 2.88. The molecule has 0 N–H and O–H groups in total. The van der Waals surface area contributed by atoms with Crippen LogP contribution in [0.15, 0.2) is 30.3 Å². The minimum absolute atomic E-state index is 0.128. The molecule has 2 bridgehead atoms. The number of aldehydes is 1. The highest BCUT2D eigenvalue weighted by molar-refractivity contribution is 5.62. The van der Waals surface area contributed by atoms with Gasteiger partial charge in [-0.15, -0.1) is 0 Å². The molecule has 3 fully saturated rings. The van der Waals surface area contributed by atoms with Gasteiger partial charge in [0.1, 0.15) is 6.29 Å². The van der Waals surface area contributed by atoms with E-state index in [4.69, 9.17) is 4.74 Å². The molecule has 3 nitrogen and oxygen atoms in total. The molecule has 0 radical (unpaired) electrons. The molecule has 3 aliphatic rings. The van der Waals surface area contributed by atoms with Gasteiger partial charge in [-0.05, 0) is 37.4 Å². The van der Waals surface area contributed by atoms with Gasteiger partial charge in [0.05, 0.1) is 18.6 Å². The number of benzene rings is 1. The minimum Gasteiger partial charge on any atom is -0.376 e. The molecule has 0 amide bonds. The molecule has 1 unspecified atom stereocenters. The Morgan fingerprint density at radius 1 is 1.26 bits per heavy atom. The number of ether oxygens (including phenoxy) is 1. The number of fused-ring (bicyclic) bond motifs is 3. The van der Waals surface area contributed by atoms with Gasteiger partial charge in [0, 0.05) is 6.54 Å². The summed E-state index contributed by atoms with van der Waals surface area (Å²) in [7, 11) is 0. The van der Waals surface area contributed by atoms with Crippen LogP contribution in [0.3, 0.4) is 0 Å². The summed E-state index contributed by atoms with van der Waals surface area (Å²) in [6, 6.07) is 9.91. The first-order valence-corrected chi connectivity index (χ1v) is 7.21. The van der Waals surface area contributed by atoms with Gasteiger partial charge in [-0.1, -0.05) is 30.3 Å². The van der Waals surface area contributed by atoms with Crippen LogP contribution in [0.5, 0.6) is 0 Å². The molecule has 3 aliphatic heterocycles. The normalized spacial score (nSPS) is 31.1. The van der Waals surface area contributed by atoms with Gasteiger partial charge in [-0.2, -0.15) is 0 Å². The van der Waals surface area contributed by atoms with Crippen LogP contribution in [0.2, 0.25) is 0 Å². The van der Waals surface area contributed by atoms with E-state index in [9.17, 15) is 4.79 Å². The van der Waals surface area contributed by atoms with Crippen molar-refractivity contribution in [3.05, 3.63) is 35.9 Å². The van der Waals surface area contributed by atoms with Crippen LogP contribution >= 0.6 is 0 Å². The number of hydrogen-bond acceptors (Lipinski definition) is 3. The highest BCUT2D eigenvalue weighted by Crippen LogP contribution is 2.30. The van der Waals surface area contributed by atoms with E-state index in [0.29, 0.717) is 18.6 Å². The summed E-state index contributed by atoms with van der Waals surface area (Å²) in [5, 5.41) is 0. The molecule has 0 spiro atoms. The lowest BCUT2D eigenvalue weighted by Crippen LogP contribution is -2.51. The zero-order valence-corrected chi connectivity index (χ0v) is 11.2. The lowest BCUT2D eigenvalue weighted by Gasteiger charge is -2.44. The molecule has 0 saturated carbocycles. The third-order valence-corrected chi connectivity index (χ3v) is 4.48. The molecule has 3 heterocycles. The summed E-state index contributed by atoms with van der Waals surface area (Å²) in [5.41, 5.74) is 1.05. The maximum atomic E-state index is 11.2. The summed E-state index contributed by atoms with van der Waals surface area (Å²) in [4.78, 5) is 13.7. The Bertz CT molecular complexity index is 412. The smallest absolute Gasteiger partial charge is 0.129 e. The number of rotatable bonds is 5. The molecule has 19 heavy (non-hydrogen) atoms. The van der Waals surface area contributed by atoms with Gasteiger partial charge in [-0.25, -0.2) is 0 Å². The van der Waals surface area contributed by atoms with Crippen LogP contribution in [-0.4, -0.2) is 43.5 Å². The van der Waals surface area contributed by atoms with Gasteiger partial charge in [0.15, 0.2) is 0 Å². The van der Waals surface area contributed by atoms with Crippen molar-refractivity contribution >= 4 is 6.29 Å². The van der Waals surface area contributed by atoms with E-state index in [1.165, 1.54) is 25.9 Å². The first-order chi connectivity index (χ1) is 9.36. The van der Waals surface area contributed by atoms with Gasteiger partial charge in [0.2, 0.25) is 0 Å². The van der Waals surface area contributed by atoms with Crippen molar-refractivity contribution in [1.82, 2.24) is 4.90 Å². The number of carbonyl (C=O) groups is 1. The molecule has 4 rings (SSSR count). The Balaban J connectivity index is 1.57. The Morgan fingerprint density at radius 3 is 2.58 bits per heavy atom. The Hall–Kier alpha value is -1.19. The van der Waals surface area contributed by atoms with Gasteiger partial charge in [0.25, 0.3) is 0 Å². The average molecular weight is 259 g/mol. The molecule has 0 aliphatic carbocycles. The summed E-state index contributed by atoms with van der Waals surface area (Å²) >= 11 is 0. The second-order valence-electron chi connectivity index (χ2n) is 5.66. The number of nitrogens with zero attached hydrogens (tertiary/aromatic N) is 1. The Kier molecular flexibility index (Phi) is 3.95. The molecule has 3 heteroatoms. The fourth-order valence-corrected chi connectivity index (χ4v) is 3.24. The third-order valence-electron chi connectivity index (χ3n) is 4.48. The zero-order chi connectivity index (χ0) is 13.1. The summed E-state index contributed by atoms with van der Waals surface area (Å²) in [6.07, 6.45) is 3.84. The van der Waals surface area contributed by atoms with E-state index in [1.807, 2.05) is 30.3 Å². The van der Waals surface area contributed by atoms with Crippen molar-refractivity contribution in [3.8, 4) is 0 Å². The number of piperidine rings is 3. The van der Waals surface area contributed by atoms with Gasteiger partial charge >= 0.3 is 0 Å². The maximum absolute atomic E-state index is 11.2. The fraction of sp³-hybridized carbons (Fsp3) is 0.562. The molecule has 2 atom stereocenters. The zero-order valence-electron chi connectivity index (χ0n) is 11.2. The predicted molar refractivity (Wildman–Crippen MR) is 74.2 cm³/mol. The van der Waals surface area contributed by atoms with Crippen molar-refractivity contribution in [2.24, 2.45) is 5.92 Å².